The summed E-state index contributed by atoms with van der Waals surface area (Å²) in [6.07, 6.45) is 0.973. The van der Waals surface area contributed by atoms with Crippen LogP contribution >= 0.6 is 0 Å². The van der Waals surface area contributed by atoms with Gasteiger partial charge in [-0.05, 0) is 23.6 Å². The summed E-state index contributed by atoms with van der Waals surface area (Å²) in [7, 11) is 1.59. The Labute approximate surface area is 140 Å². The average molecular weight is 330 g/mol. The van der Waals surface area contributed by atoms with Crippen molar-refractivity contribution in [2.75, 3.05) is 26.7 Å². The summed E-state index contributed by atoms with van der Waals surface area (Å²) >= 11 is 0. The third-order valence-corrected chi connectivity index (χ3v) is 4.35. The Morgan fingerprint density at radius 2 is 2.17 bits per heavy atom. The molecule has 1 amide bonds. The minimum Gasteiger partial charge on any atom is -0.423 e. The SMILES string of the molecule is CCc1ccc2c(CN3CC(OCC(=O)NC)C3)cc(=O)oc2c1. The predicted molar refractivity (Wildman–Crippen MR) is 90.9 cm³/mol. The molecule has 1 aromatic carbocycles. The molecule has 1 fully saturated rings. The van der Waals surface area contributed by atoms with Crippen molar-refractivity contribution >= 4 is 16.9 Å². The van der Waals surface area contributed by atoms with Gasteiger partial charge in [0.2, 0.25) is 5.91 Å². The zero-order valence-electron chi connectivity index (χ0n) is 14.0. The summed E-state index contributed by atoms with van der Waals surface area (Å²) in [4.78, 5) is 25.2. The van der Waals surface area contributed by atoms with E-state index >= 15 is 0 Å². The Kier molecular flexibility index (Phi) is 4.97. The van der Waals surface area contributed by atoms with E-state index in [1.165, 1.54) is 0 Å². The number of rotatable bonds is 6. The lowest BCUT2D eigenvalue weighted by Crippen LogP contribution is -2.52. The van der Waals surface area contributed by atoms with Crippen molar-refractivity contribution in [2.45, 2.75) is 26.0 Å². The Morgan fingerprint density at radius 3 is 2.88 bits per heavy atom. The Balaban J connectivity index is 1.66. The second kappa shape index (κ2) is 7.15. The van der Waals surface area contributed by atoms with Crippen LogP contribution in [0.1, 0.15) is 18.1 Å². The van der Waals surface area contributed by atoms with Gasteiger partial charge in [-0.25, -0.2) is 4.79 Å². The van der Waals surface area contributed by atoms with E-state index in [0.29, 0.717) is 12.1 Å². The lowest BCUT2D eigenvalue weighted by atomic mass is 10.0. The number of benzene rings is 1. The number of ether oxygens (including phenoxy) is 1. The van der Waals surface area contributed by atoms with Crippen molar-refractivity contribution in [1.82, 2.24) is 10.2 Å². The van der Waals surface area contributed by atoms with Gasteiger partial charge in [0, 0.05) is 38.1 Å². The van der Waals surface area contributed by atoms with Crippen LogP contribution in [0.25, 0.3) is 11.0 Å². The van der Waals surface area contributed by atoms with Crippen molar-refractivity contribution in [2.24, 2.45) is 0 Å². The summed E-state index contributed by atoms with van der Waals surface area (Å²) in [5, 5.41) is 3.51. The average Bonchev–Trinajstić information content (AvgIpc) is 2.55. The van der Waals surface area contributed by atoms with Gasteiger partial charge in [0.05, 0.1) is 6.10 Å². The highest BCUT2D eigenvalue weighted by Crippen LogP contribution is 2.23. The number of carbonyl (C=O) groups excluding carboxylic acids is 1. The van der Waals surface area contributed by atoms with Crippen LogP contribution in [0.3, 0.4) is 0 Å². The molecular weight excluding hydrogens is 308 g/mol. The van der Waals surface area contributed by atoms with Crippen LogP contribution in [0.5, 0.6) is 0 Å². The van der Waals surface area contributed by atoms with Gasteiger partial charge in [0.15, 0.2) is 0 Å². The van der Waals surface area contributed by atoms with E-state index in [1.54, 1.807) is 13.1 Å². The zero-order chi connectivity index (χ0) is 17.1. The normalized spacial score (nSPS) is 15.4. The van der Waals surface area contributed by atoms with E-state index in [0.717, 1.165) is 36.0 Å². The third kappa shape index (κ3) is 3.66. The second-order valence-corrected chi connectivity index (χ2v) is 6.08. The largest absolute Gasteiger partial charge is 0.423 e. The highest BCUT2D eigenvalue weighted by Gasteiger charge is 2.28. The number of amides is 1. The van der Waals surface area contributed by atoms with Gasteiger partial charge in [-0.1, -0.05) is 19.1 Å². The maximum absolute atomic E-state index is 11.8. The molecule has 6 nitrogen and oxygen atoms in total. The number of fused-ring (bicyclic) bond motifs is 1. The minimum atomic E-state index is -0.321. The van der Waals surface area contributed by atoms with Crippen molar-refractivity contribution in [3.63, 3.8) is 0 Å². The van der Waals surface area contributed by atoms with Gasteiger partial charge in [-0.2, -0.15) is 0 Å². The first-order valence-electron chi connectivity index (χ1n) is 8.19. The number of hydrogen-bond donors (Lipinski definition) is 1. The maximum Gasteiger partial charge on any atom is 0.336 e. The molecule has 1 aromatic heterocycles. The molecule has 0 radical (unpaired) electrons. The number of hydrogen-bond acceptors (Lipinski definition) is 5. The molecule has 3 rings (SSSR count). The smallest absolute Gasteiger partial charge is 0.336 e. The summed E-state index contributed by atoms with van der Waals surface area (Å²) < 4.78 is 10.8. The zero-order valence-corrected chi connectivity index (χ0v) is 14.0. The number of carbonyl (C=O) groups is 1. The lowest BCUT2D eigenvalue weighted by molar-refractivity contribution is -0.132. The predicted octanol–water partition coefficient (Wildman–Crippen LogP) is 1.30. The fraction of sp³-hybridized carbons (Fsp3) is 0.444. The first-order valence-corrected chi connectivity index (χ1v) is 8.19. The lowest BCUT2D eigenvalue weighted by Gasteiger charge is -2.38. The van der Waals surface area contributed by atoms with Crippen molar-refractivity contribution < 1.29 is 13.9 Å². The number of nitrogens with one attached hydrogen (secondary N) is 1. The number of nitrogens with zero attached hydrogens (tertiary/aromatic N) is 1. The topological polar surface area (TPSA) is 71.8 Å². The van der Waals surface area contributed by atoms with E-state index in [4.69, 9.17) is 9.15 Å². The highest BCUT2D eigenvalue weighted by atomic mass is 16.5. The molecule has 2 heterocycles. The quantitative estimate of drug-likeness (QED) is 0.809. The van der Waals surface area contributed by atoms with Gasteiger partial charge in [0.25, 0.3) is 0 Å². The first kappa shape index (κ1) is 16.7. The van der Waals surface area contributed by atoms with Crippen molar-refractivity contribution in [1.29, 1.82) is 0 Å². The molecule has 0 atom stereocenters. The summed E-state index contributed by atoms with van der Waals surface area (Å²) in [6.45, 7) is 4.35. The van der Waals surface area contributed by atoms with E-state index in [2.05, 4.69) is 23.2 Å². The van der Waals surface area contributed by atoms with Crippen LogP contribution in [-0.4, -0.2) is 43.7 Å². The van der Waals surface area contributed by atoms with Crippen LogP contribution < -0.4 is 10.9 Å². The Morgan fingerprint density at radius 1 is 1.38 bits per heavy atom. The Bertz CT molecular complexity index is 793. The molecule has 128 valence electrons. The molecule has 1 N–H and O–H groups in total. The standard InChI is InChI=1S/C18H22N2O4/c1-3-12-4-5-15-13(7-18(22)24-16(15)6-12)8-20-9-14(10-20)23-11-17(21)19-2/h4-7,14H,3,8-11H2,1-2H3,(H,19,21). The molecule has 0 spiro atoms. The second-order valence-electron chi connectivity index (χ2n) is 6.08. The molecule has 1 aliphatic rings. The summed E-state index contributed by atoms with van der Waals surface area (Å²) in [5.74, 6) is -0.119. The van der Waals surface area contributed by atoms with E-state index < -0.39 is 0 Å². The van der Waals surface area contributed by atoms with Gasteiger partial charge in [0.1, 0.15) is 12.2 Å². The first-order chi connectivity index (χ1) is 11.6. The van der Waals surface area contributed by atoms with Crippen LogP contribution in [0, 0.1) is 0 Å². The van der Waals surface area contributed by atoms with E-state index in [1.807, 2.05) is 12.1 Å². The maximum atomic E-state index is 11.8. The van der Waals surface area contributed by atoms with Gasteiger partial charge >= 0.3 is 5.63 Å². The number of likely N-dealkylation sites (N-methyl/N-ethyl adjacent to an activating group) is 1. The van der Waals surface area contributed by atoms with Crippen molar-refractivity contribution in [3.8, 4) is 0 Å². The Hall–Kier alpha value is -2.18. The molecular formula is C18H22N2O4. The van der Waals surface area contributed by atoms with E-state index in [9.17, 15) is 9.59 Å². The fourth-order valence-corrected chi connectivity index (χ4v) is 2.89. The van der Waals surface area contributed by atoms with Crippen LogP contribution in [0.15, 0.2) is 33.5 Å². The minimum absolute atomic E-state index is 0.0698. The summed E-state index contributed by atoms with van der Waals surface area (Å²) in [6, 6.07) is 7.58. The highest BCUT2D eigenvalue weighted by molar-refractivity contribution is 5.80. The molecule has 0 unspecified atom stereocenters. The van der Waals surface area contributed by atoms with Gasteiger partial charge in [-0.3, -0.25) is 9.69 Å². The number of likely N-dealkylation sites (tertiary alicyclic amines) is 1. The van der Waals surface area contributed by atoms with Gasteiger partial charge < -0.3 is 14.5 Å². The monoisotopic (exact) mass is 330 g/mol. The molecule has 24 heavy (non-hydrogen) atoms. The number of aryl methyl sites for hydroxylation is 1. The van der Waals surface area contributed by atoms with Crippen molar-refractivity contribution in [3.05, 3.63) is 45.8 Å². The van der Waals surface area contributed by atoms with Crippen LogP contribution in [0.4, 0.5) is 0 Å². The van der Waals surface area contributed by atoms with Crippen LogP contribution in [-0.2, 0) is 22.5 Å². The fourth-order valence-electron chi connectivity index (χ4n) is 2.89. The molecule has 0 bridgehead atoms. The van der Waals surface area contributed by atoms with Crippen LogP contribution in [0.2, 0.25) is 0 Å². The molecule has 2 aromatic rings. The summed E-state index contributed by atoms with van der Waals surface area (Å²) in [5.41, 5.74) is 2.44. The van der Waals surface area contributed by atoms with Gasteiger partial charge in [-0.15, -0.1) is 0 Å². The molecule has 1 aliphatic heterocycles. The third-order valence-electron chi connectivity index (χ3n) is 4.35. The molecule has 6 heteroatoms. The van der Waals surface area contributed by atoms with E-state index in [-0.39, 0.29) is 24.2 Å². The molecule has 0 aliphatic carbocycles. The molecule has 0 saturated carbocycles. The molecule has 1 saturated heterocycles.